The number of hydrogen-bond donors (Lipinski definition) is 1. The number of rotatable bonds is 3. The minimum Gasteiger partial charge on any atom is -0.377 e. The Morgan fingerprint density at radius 1 is 1.36 bits per heavy atom. The molecule has 1 aliphatic rings. The van der Waals surface area contributed by atoms with Crippen molar-refractivity contribution in [3.05, 3.63) is 42.4 Å². The number of nitrogens with two attached hydrogens (primary N) is 1. The largest absolute Gasteiger partial charge is 0.377 e. The van der Waals surface area contributed by atoms with Crippen LogP contribution in [0.15, 0.2) is 36.8 Å². The summed E-state index contributed by atoms with van der Waals surface area (Å²) in [6.45, 7) is 4.29. The third-order valence-electron chi connectivity index (χ3n) is 4.32. The van der Waals surface area contributed by atoms with Crippen molar-refractivity contribution in [2.75, 3.05) is 24.7 Å². The molecule has 128 valence electrons. The normalized spacial score (nSPS) is 17.8. The molecule has 4 heterocycles. The Balaban J connectivity index is 1.74. The van der Waals surface area contributed by atoms with Crippen LogP contribution in [0.2, 0.25) is 0 Å². The van der Waals surface area contributed by atoms with E-state index in [4.69, 9.17) is 10.5 Å². The van der Waals surface area contributed by atoms with Crippen LogP contribution in [0.1, 0.15) is 17.3 Å². The van der Waals surface area contributed by atoms with Gasteiger partial charge in [0.05, 0.1) is 19.3 Å². The molecule has 3 aromatic heterocycles. The number of anilines is 1. The molecule has 4 rings (SSSR count). The molecule has 1 amide bonds. The molecule has 0 saturated carbocycles. The highest BCUT2D eigenvalue weighted by Gasteiger charge is 2.22. The second kappa shape index (κ2) is 6.14. The van der Waals surface area contributed by atoms with E-state index in [0.717, 1.165) is 17.9 Å². The summed E-state index contributed by atoms with van der Waals surface area (Å²) in [6, 6.07) is 5.85. The van der Waals surface area contributed by atoms with E-state index >= 15 is 0 Å². The number of primary amides is 1. The first kappa shape index (κ1) is 15.5. The highest BCUT2D eigenvalue weighted by atomic mass is 16.5. The van der Waals surface area contributed by atoms with Gasteiger partial charge in [-0.3, -0.25) is 4.79 Å². The molecule has 1 saturated heterocycles. The predicted octanol–water partition coefficient (Wildman–Crippen LogP) is 1.12. The number of pyridine rings is 1. The monoisotopic (exact) mass is 338 g/mol. The number of carbonyl (C=O) groups is 1. The molecule has 1 aliphatic heterocycles. The van der Waals surface area contributed by atoms with E-state index in [9.17, 15) is 4.79 Å². The predicted molar refractivity (Wildman–Crippen MR) is 92.4 cm³/mol. The van der Waals surface area contributed by atoms with Crippen LogP contribution in [0.5, 0.6) is 0 Å². The SMILES string of the molecule is C[C@H]1COCCN1c1ccc(-c2nn3cccnc3c2C(N)=O)cn1. The van der Waals surface area contributed by atoms with Gasteiger partial charge in [-0.1, -0.05) is 0 Å². The van der Waals surface area contributed by atoms with E-state index in [1.54, 1.807) is 29.2 Å². The molecule has 25 heavy (non-hydrogen) atoms. The third kappa shape index (κ3) is 2.70. The van der Waals surface area contributed by atoms with Crippen molar-refractivity contribution >= 4 is 17.4 Å². The summed E-state index contributed by atoms with van der Waals surface area (Å²) in [6.07, 6.45) is 5.05. The summed E-state index contributed by atoms with van der Waals surface area (Å²) >= 11 is 0. The summed E-state index contributed by atoms with van der Waals surface area (Å²) < 4.78 is 7.01. The molecule has 1 atom stereocenters. The number of morpholine rings is 1. The lowest BCUT2D eigenvalue weighted by molar-refractivity contribution is 0.0985. The van der Waals surface area contributed by atoms with Gasteiger partial charge >= 0.3 is 0 Å². The molecular weight excluding hydrogens is 320 g/mol. The highest BCUT2D eigenvalue weighted by molar-refractivity contribution is 6.04. The topological polar surface area (TPSA) is 98.6 Å². The van der Waals surface area contributed by atoms with E-state index in [0.29, 0.717) is 30.1 Å². The van der Waals surface area contributed by atoms with Crippen LogP contribution in [0.3, 0.4) is 0 Å². The summed E-state index contributed by atoms with van der Waals surface area (Å²) in [5.41, 5.74) is 7.51. The van der Waals surface area contributed by atoms with Gasteiger partial charge in [-0.25, -0.2) is 14.5 Å². The van der Waals surface area contributed by atoms with Gasteiger partial charge < -0.3 is 15.4 Å². The first-order chi connectivity index (χ1) is 12.1. The van der Waals surface area contributed by atoms with E-state index in [-0.39, 0.29) is 6.04 Å². The summed E-state index contributed by atoms with van der Waals surface area (Å²) in [5, 5.41) is 4.44. The lowest BCUT2D eigenvalue weighted by Gasteiger charge is -2.34. The van der Waals surface area contributed by atoms with E-state index in [2.05, 4.69) is 26.9 Å². The van der Waals surface area contributed by atoms with E-state index in [1.165, 1.54) is 0 Å². The minimum absolute atomic E-state index is 0.271. The second-order valence-corrected chi connectivity index (χ2v) is 6.00. The Morgan fingerprint density at radius 3 is 2.96 bits per heavy atom. The van der Waals surface area contributed by atoms with Crippen LogP contribution in [0, 0.1) is 0 Å². The molecular formula is C17H18N6O2. The van der Waals surface area contributed by atoms with Gasteiger partial charge in [-0.15, -0.1) is 0 Å². The second-order valence-electron chi connectivity index (χ2n) is 6.00. The number of hydrogen-bond acceptors (Lipinski definition) is 6. The highest BCUT2D eigenvalue weighted by Crippen LogP contribution is 2.26. The first-order valence-electron chi connectivity index (χ1n) is 8.09. The Hall–Kier alpha value is -3.00. The summed E-state index contributed by atoms with van der Waals surface area (Å²) in [5.74, 6) is 0.316. The van der Waals surface area contributed by atoms with Crippen LogP contribution in [-0.4, -0.2) is 51.3 Å². The Morgan fingerprint density at radius 2 is 2.24 bits per heavy atom. The lowest BCUT2D eigenvalue weighted by Crippen LogP contribution is -2.44. The standard InChI is InChI=1S/C17H18N6O2/c1-11-10-25-8-7-22(11)13-4-3-12(9-20-13)15-14(16(18)24)17-19-5-2-6-23(17)21-15/h2-6,9,11H,7-8,10H2,1H3,(H2,18,24)/t11-/m0/s1. The average molecular weight is 338 g/mol. The zero-order valence-corrected chi connectivity index (χ0v) is 13.8. The zero-order valence-electron chi connectivity index (χ0n) is 13.8. The molecule has 0 aliphatic carbocycles. The van der Waals surface area contributed by atoms with Gasteiger partial charge in [0.25, 0.3) is 5.91 Å². The summed E-state index contributed by atoms with van der Waals surface area (Å²) in [4.78, 5) is 22.9. The number of fused-ring (bicyclic) bond motifs is 1. The van der Waals surface area contributed by atoms with Crippen LogP contribution in [0.25, 0.3) is 16.9 Å². The zero-order chi connectivity index (χ0) is 17.4. The van der Waals surface area contributed by atoms with E-state index in [1.807, 2.05) is 12.1 Å². The fourth-order valence-corrected chi connectivity index (χ4v) is 3.08. The lowest BCUT2D eigenvalue weighted by atomic mass is 10.1. The number of ether oxygens (including phenoxy) is 1. The van der Waals surface area contributed by atoms with Gasteiger partial charge in [-0.05, 0) is 25.1 Å². The van der Waals surface area contributed by atoms with Crippen molar-refractivity contribution in [3.63, 3.8) is 0 Å². The van der Waals surface area contributed by atoms with Gasteiger partial charge in [0.2, 0.25) is 0 Å². The molecule has 0 unspecified atom stereocenters. The maximum absolute atomic E-state index is 11.9. The van der Waals surface area contributed by atoms with Crippen molar-refractivity contribution in [2.45, 2.75) is 13.0 Å². The molecule has 8 heteroatoms. The van der Waals surface area contributed by atoms with Crippen LogP contribution >= 0.6 is 0 Å². The van der Waals surface area contributed by atoms with Gasteiger partial charge in [-0.2, -0.15) is 5.10 Å². The van der Waals surface area contributed by atoms with Gasteiger partial charge in [0.1, 0.15) is 17.1 Å². The van der Waals surface area contributed by atoms with Gasteiger partial charge in [0.15, 0.2) is 5.65 Å². The molecule has 0 radical (unpaired) electrons. The number of carbonyl (C=O) groups excluding carboxylic acids is 1. The van der Waals surface area contributed by atoms with Crippen LogP contribution < -0.4 is 10.6 Å². The molecule has 0 bridgehead atoms. The smallest absolute Gasteiger partial charge is 0.254 e. The molecule has 3 aromatic rings. The maximum Gasteiger partial charge on any atom is 0.254 e. The Bertz CT molecular complexity index is 921. The number of nitrogens with zero attached hydrogens (tertiary/aromatic N) is 5. The first-order valence-corrected chi connectivity index (χ1v) is 8.09. The molecule has 8 nitrogen and oxygen atoms in total. The molecule has 0 spiro atoms. The van der Waals surface area contributed by atoms with Crippen LogP contribution in [0.4, 0.5) is 5.82 Å². The van der Waals surface area contributed by atoms with Crippen molar-refractivity contribution in [2.24, 2.45) is 5.73 Å². The minimum atomic E-state index is -0.561. The number of aromatic nitrogens is 4. The quantitative estimate of drug-likeness (QED) is 0.768. The maximum atomic E-state index is 11.9. The number of amides is 1. The third-order valence-corrected chi connectivity index (χ3v) is 4.32. The van der Waals surface area contributed by atoms with Crippen molar-refractivity contribution in [1.82, 2.24) is 19.6 Å². The average Bonchev–Trinajstić information content (AvgIpc) is 3.02. The van der Waals surface area contributed by atoms with Gasteiger partial charge in [0, 0.05) is 30.7 Å². The fourth-order valence-electron chi connectivity index (χ4n) is 3.08. The van der Waals surface area contributed by atoms with Crippen LogP contribution in [-0.2, 0) is 4.74 Å². The molecule has 2 N–H and O–H groups in total. The fraction of sp³-hybridized carbons (Fsp3) is 0.294. The van der Waals surface area contributed by atoms with Crippen molar-refractivity contribution in [1.29, 1.82) is 0 Å². The molecule has 0 aromatic carbocycles. The summed E-state index contributed by atoms with van der Waals surface area (Å²) in [7, 11) is 0. The molecule has 1 fully saturated rings. The Kier molecular flexibility index (Phi) is 3.81. The Labute approximate surface area is 144 Å². The van der Waals surface area contributed by atoms with Crippen molar-refractivity contribution < 1.29 is 9.53 Å². The van der Waals surface area contributed by atoms with E-state index < -0.39 is 5.91 Å². The van der Waals surface area contributed by atoms with Crippen molar-refractivity contribution in [3.8, 4) is 11.3 Å².